The van der Waals surface area contributed by atoms with Gasteiger partial charge >= 0.3 is 11.9 Å². The number of hydrogen-bond acceptors (Lipinski definition) is 6. The SMILES string of the molecule is CCOC(=O)C(NS(=O)(=O)c1ccccc1C(=O)OC)c1ccccc1. The molecule has 0 spiro atoms. The fourth-order valence-electron chi connectivity index (χ4n) is 2.32. The van der Waals surface area contributed by atoms with E-state index in [9.17, 15) is 18.0 Å². The molecule has 2 rings (SSSR count). The van der Waals surface area contributed by atoms with Crippen LogP contribution in [0.15, 0.2) is 59.5 Å². The monoisotopic (exact) mass is 377 g/mol. The van der Waals surface area contributed by atoms with Crippen LogP contribution in [0.25, 0.3) is 0 Å². The molecule has 0 saturated heterocycles. The van der Waals surface area contributed by atoms with E-state index in [0.29, 0.717) is 5.56 Å². The third-order valence-corrected chi connectivity index (χ3v) is 4.99. The lowest BCUT2D eigenvalue weighted by molar-refractivity contribution is -0.145. The number of rotatable bonds is 7. The van der Waals surface area contributed by atoms with Crippen molar-refractivity contribution in [1.29, 1.82) is 0 Å². The topological polar surface area (TPSA) is 98.8 Å². The normalized spacial score (nSPS) is 12.2. The Morgan fingerprint density at radius 1 is 1.04 bits per heavy atom. The van der Waals surface area contributed by atoms with E-state index in [1.54, 1.807) is 37.3 Å². The zero-order valence-corrected chi connectivity index (χ0v) is 15.2. The zero-order valence-electron chi connectivity index (χ0n) is 14.3. The summed E-state index contributed by atoms with van der Waals surface area (Å²) in [6, 6.07) is 12.7. The first kappa shape index (κ1) is 19.6. The first-order valence-electron chi connectivity index (χ1n) is 7.82. The van der Waals surface area contributed by atoms with Crippen molar-refractivity contribution in [2.45, 2.75) is 17.9 Å². The van der Waals surface area contributed by atoms with Crippen molar-refractivity contribution in [3.63, 3.8) is 0 Å². The van der Waals surface area contributed by atoms with E-state index >= 15 is 0 Å². The van der Waals surface area contributed by atoms with Gasteiger partial charge in [-0.1, -0.05) is 42.5 Å². The Labute approximate surface area is 152 Å². The van der Waals surface area contributed by atoms with Gasteiger partial charge in [-0.05, 0) is 24.6 Å². The van der Waals surface area contributed by atoms with Crippen LogP contribution in [-0.4, -0.2) is 34.1 Å². The van der Waals surface area contributed by atoms with E-state index in [4.69, 9.17) is 4.74 Å². The summed E-state index contributed by atoms with van der Waals surface area (Å²) >= 11 is 0. The van der Waals surface area contributed by atoms with Gasteiger partial charge in [-0.2, -0.15) is 4.72 Å². The molecule has 138 valence electrons. The molecule has 1 N–H and O–H groups in total. The van der Waals surface area contributed by atoms with Gasteiger partial charge in [-0.3, -0.25) is 0 Å². The van der Waals surface area contributed by atoms with Crippen LogP contribution in [0.2, 0.25) is 0 Å². The summed E-state index contributed by atoms with van der Waals surface area (Å²) in [5.41, 5.74) is 0.295. The van der Waals surface area contributed by atoms with E-state index < -0.39 is 28.0 Å². The molecule has 1 atom stereocenters. The molecular formula is C18H19NO6S. The number of ether oxygens (including phenoxy) is 2. The minimum absolute atomic E-state index is 0.0998. The molecule has 0 aliphatic heterocycles. The number of methoxy groups -OCH3 is 1. The molecule has 0 radical (unpaired) electrons. The summed E-state index contributed by atoms with van der Waals surface area (Å²) in [6.45, 7) is 1.73. The van der Waals surface area contributed by atoms with Crippen molar-refractivity contribution in [2.24, 2.45) is 0 Å². The third kappa shape index (κ3) is 4.47. The fraction of sp³-hybridized carbons (Fsp3) is 0.222. The molecule has 8 heteroatoms. The number of carbonyl (C=O) groups is 2. The summed E-state index contributed by atoms with van der Waals surface area (Å²) in [5.74, 6) is -1.53. The molecule has 7 nitrogen and oxygen atoms in total. The van der Waals surface area contributed by atoms with Gasteiger partial charge in [0.15, 0.2) is 0 Å². The number of carbonyl (C=O) groups excluding carboxylic acids is 2. The Balaban J connectivity index is 2.45. The van der Waals surface area contributed by atoms with Gasteiger partial charge < -0.3 is 9.47 Å². The second-order valence-corrected chi connectivity index (χ2v) is 6.89. The largest absolute Gasteiger partial charge is 0.465 e. The molecule has 2 aromatic carbocycles. The van der Waals surface area contributed by atoms with Gasteiger partial charge in [0.2, 0.25) is 10.0 Å². The molecular weight excluding hydrogens is 358 g/mol. The lowest BCUT2D eigenvalue weighted by atomic mass is 10.1. The predicted molar refractivity (Wildman–Crippen MR) is 93.9 cm³/mol. The molecule has 0 aliphatic rings. The molecule has 2 aromatic rings. The van der Waals surface area contributed by atoms with Gasteiger partial charge in [0.05, 0.1) is 24.2 Å². The molecule has 1 unspecified atom stereocenters. The first-order valence-corrected chi connectivity index (χ1v) is 9.30. The van der Waals surface area contributed by atoms with Gasteiger partial charge in [-0.25, -0.2) is 18.0 Å². The van der Waals surface area contributed by atoms with E-state index in [1.807, 2.05) is 0 Å². The summed E-state index contributed by atoms with van der Waals surface area (Å²) in [5, 5.41) is 0. The summed E-state index contributed by atoms with van der Waals surface area (Å²) in [4.78, 5) is 23.9. The molecule has 0 aromatic heterocycles. The highest BCUT2D eigenvalue weighted by Gasteiger charge is 2.30. The Morgan fingerprint density at radius 2 is 1.65 bits per heavy atom. The second kappa shape index (κ2) is 8.59. The van der Waals surface area contributed by atoms with E-state index in [2.05, 4.69) is 9.46 Å². The van der Waals surface area contributed by atoms with E-state index in [1.165, 1.54) is 24.3 Å². The minimum Gasteiger partial charge on any atom is -0.465 e. The van der Waals surface area contributed by atoms with Crippen LogP contribution in [0.4, 0.5) is 0 Å². The van der Waals surface area contributed by atoms with Crippen molar-refractivity contribution in [2.75, 3.05) is 13.7 Å². The number of benzene rings is 2. The molecule has 0 amide bonds. The van der Waals surface area contributed by atoms with Crippen molar-refractivity contribution in [3.8, 4) is 0 Å². The average Bonchev–Trinajstić information content (AvgIpc) is 2.66. The quantitative estimate of drug-likeness (QED) is 0.742. The van der Waals surface area contributed by atoms with Crippen LogP contribution in [-0.2, 0) is 24.3 Å². The van der Waals surface area contributed by atoms with Crippen molar-refractivity contribution in [3.05, 3.63) is 65.7 Å². The highest BCUT2D eigenvalue weighted by atomic mass is 32.2. The maximum atomic E-state index is 12.8. The molecule has 0 heterocycles. The Hall–Kier alpha value is -2.71. The summed E-state index contributed by atoms with van der Waals surface area (Å²) in [7, 11) is -3.05. The first-order chi connectivity index (χ1) is 12.4. The number of nitrogens with one attached hydrogen (secondary N) is 1. The van der Waals surface area contributed by atoms with Crippen LogP contribution in [0.5, 0.6) is 0 Å². The van der Waals surface area contributed by atoms with Gasteiger partial charge in [0.25, 0.3) is 0 Å². The molecule has 0 fully saturated rings. The Kier molecular flexibility index (Phi) is 6.48. The molecule has 26 heavy (non-hydrogen) atoms. The van der Waals surface area contributed by atoms with Crippen LogP contribution < -0.4 is 4.72 Å². The zero-order chi connectivity index (χ0) is 19.2. The summed E-state index contributed by atoms with van der Waals surface area (Å²) < 4.78 is 37.6. The maximum absolute atomic E-state index is 12.8. The van der Waals surface area contributed by atoms with Crippen LogP contribution >= 0.6 is 0 Å². The fourth-order valence-corrected chi connectivity index (χ4v) is 3.69. The lowest BCUT2D eigenvalue weighted by Crippen LogP contribution is -2.35. The highest BCUT2D eigenvalue weighted by Crippen LogP contribution is 2.21. The number of sulfonamides is 1. The van der Waals surface area contributed by atoms with Crippen LogP contribution in [0, 0.1) is 0 Å². The average molecular weight is 377 g/mol. The number of hydrogen-bond donors (Lipinski definition) is 1. The van der Waals surface area contributed by atoms with E-state index in [-0.39, 0.29) is 17.1 Å². The molecule has 0 bridgehead atoms. The van der Waals surface area contributed by atoms with Crippen molar-refractivity contribution >= 4 is 22.0 Å². The van der Waals surface area contributed by atoms with Crippen molar-refractivity contribution in [1.82, 2.24) is 4.72 Å². The smallest absolute Gasteiger partial charge is 0.339 e. The third-order valence-electron chi connectivity index (χ3n) is 3.51. The van der Waals surface area contributed by atoms with Crippen LogP contribution in [0.1, 0.15) is 28.9 Å². The lowest BCUT2D eigenvalue weighted by Gasteiger charge is -2.18. The number of esters is 2. The minimum atomic E-state index is -4.21. The highest BCUT2D eigenvalue weighted by molar-refractivity contribution is 7.89. The van der Waals surface area contributed by atoms with Crippen molar-refractivity contribution < 1.29 is 27.5 Å². The molecule has 0 aliphatic carbocycles. The van der Waals surface area contributed by atoms with Gasteiger partial charge in [0, 0.05) is 0 Å². The van der Waals surface area contributed by atoms with Gasteiger partial charge in [-0.15, -0.1) is 0 Å². The maximum Gasteiger partial charge on any atom is 0.339 e. The Bertz CT molecular complexity index is 880. The summed E-state index contributed by atoms with van der Waals surface area (Å²) in [6.07, 6.45) is 0. The Morgan fingerprint density at radius 3 is 2.27 bits per heavy atom. The second-order valence-electron chi connectivity index (χ2n) is 5.20. The van der Waals surface area contributed by atoms with Crippen LogP contribution in [0.3, 0.4) is 0 Å². The van der Waals surface area contributed by atoms with E-state index in [0.717, 1.165) is 7.11 Å². The molecule has 0 saturated carbocycles. The predicted octanol–water partition coefficient (Wildman–Crippen LogP) is 2.06. The van der Waals surface area contributed by atoms with Gasteiger partial charge in [0.1, 0.15) is 6.04 Å². The standard InChI is InChI=1S/C18H19NO6S/c1-3-25-18(21)16(13-9-5-4-6-10-13)19-26(22,23)15-12-8-7-11-14(15)17(20)24-2/h4-12,16,19H,3H2,1-2H3.